The minimum Gasteiger partial charge on any atom is -0.354 e. The Morgan fingerprint density at radius 2 is 1.64 bits per heavy atom. The molecule has 1 heterocycles. The highest BCUT2D eigenvalue weighted by molar-refractivity contribution is 6.33. The second-order valence-electron chi connectivity index (χ2n) is 16.5. The molecule has 0 bridgehead atoms. The molecule has 1 aliphatic carbocycles. The van der Waals surface area contributed by atoms with Gasteiger partial charge < -0.3 is 36.4 Å². The van der Waals surface area contributed by atoms with Crippen molar-refractivity contribution < 1.29 is 46.7 Å². The maximum Gasteiger partial charge on any atom is 0.403 e. The van der Waals surface area contributed by atoms with Gasteiger partial charge in [0, 0.05) is 37.1 Å². The highest BCUT2D eigenvalue weighted by Gasteiger charge is 2.63. The molecule has 0 aromatic heterocycles. The predicted octanol–water partition coefficient (Wildman–Crippen LogP) is 4.05. The molecule has 59 heavy (non-hydrogen) atoms. The Balaban J connectivity index is 1.91. The SMILES string of the molecule is CC[C@H](NC(=O)C1(C(F)(F)F)CCC1)C(=O)N[C@@H](C)C(=O)N(C)[C@H]1CCCCNC(=O)C(C)(C)NC(=O)[C@H](Cc2cc(Cl)ccc2Cl)N(C)C(=O)[C@H](CC(C)C)NC1=O. The molecule has 5 atom stereocenters. The van der Waals surface area contributed by atoms with Gasteiger partial charge in [-0.1, -0.05) is 50.4 Å². The summed E-state index contributed by atoms with van der Waals surface area (Å²) in [5.74, 6) is -5.52. The third kappa shape index (κ3) is 12.2. The number of carbonyl (C=O) groups excluding carboxylic acids is 7. The molecule has 2 aliphatic rings. The van der Waals surface area contributed by atoms with Gasteiger partial charge in [-0.15, -0.1) is 0 Å². The van der Waals surface area contributed by atoms with Crippen LogP contribution < -0.4 is 26.6 Å². The van der Waals surface area contributed by atoms with Crippen molar-refractivity contribution in [2.45, 2.75) is 141 Å². The molecule has 0 radical (unpaired) electrons. The van der Waals surface area contributed by atoms with Crippen LogP contribution in [-0.4, -0.2) is 114 Å². The number of nitrogens with one attached hydrogen (secondary N) is 5. The molecule has 5 N–H and O–H groups in total. The Kier molecular flexibility index (Phi) is 17.1. The average molecular weight is 877 g/mol. The van der Waals surface area contributed by atoms with E-state index in [1.165, 1.54) is 46.7 Å². The Morgan fingerprint density at radius 1 is 1.00 bits per heavy atom. The van der Waals surface area contributed by atoms with Crippen LogP contribution in [0.2, 0.25) is 10.0 Å². The third-order valence-corrected chi connectivity index (χ3v) is 11.7. The highest BCUT2D eigenvalue weighted by Crippen LogP contribution is 2.53. The number of rotatable bonds is 11. The maximum absolute atomic E-state index is 14.4. The van der Waals surface area contributed by atoms with Crippen LogP contribution in [-0.2, 0) is 40.0 Å². The molecular weight excluding hydrogens is 818 g/mol. The van der Waals surface area contributed by atoms with Crippen LogP contribution in [0.25, 0.3) is 0 Å². The van der Waals surface area contributed by atoms with Gasteiger partial charge in [0.2, 0.25) is 41.4 Å². The van der Waals surface area contributed by atoms with Crippen LogP contribution in [0, 0.1) is 11.3 Å². The molecule has 14 nitrogen and oxygen atoms in total. The first kappa shape index (κ1) is 49.2. The van der Waals surface area contributed by atoms with Crippen LogP contribution in [0.5, 0.6) is 0 Å². The number of hydrogen-bond acceptors (Lipinski definition) is 7. The zero-order valence-corrected chi connectivity index (χ0v) is 36.4. The number of alkyl halides is 3. The van der Waals surface area contributed by atoms with Crippen molar-refractivity contribution in [2.24, 2.45) is 11.3 Å². The second-order valence-corrected chi connectivity index (χ2v) is 17.4. The van der Waals surface area contributed by atoms with E-state index < -0.39 is 88.7 Å². The first-order chi connectivity index (χ1) is 27.4. The number of hydrogen-bond donors (Lipinski definition) is 5. The van der Waals surface area contributed by atoms with E-state index in [0.717, 1.165) is 4.90 Å². The highest BCUT2D eigenvalue weighted by atomic mass is 35.5. The number of carbonyl (C=O) groups is 7. The lowest BCUT2D eigenvalue weighted by atomic mass is 9.67. The van der Waals surface area contributed by atoms with Crippen molar-refractivity contribution in [1.29, 1.82) is 0 Å². The lowest BCUT2D eigenvalue weighted by Gasteiger charge is -2.42. The van der Waals surface area contributed by atoms with Crippen molar-refractivity contribution in [1.82, 2.24) is 36.4 Å². The monoisotopic (exact) mass is 875 g/mol. The zero-order chi connectivity index (χ0) is 44.6. The molecule has 7 amide bonds. The second kappa shape index (κ2) is 20.4. The first-order valence-corrected chi connectivity index (χ1v) is 20.7. The minimum absolute atomic E-state index is 0.0601. The summed E-state index contributed by atoms with van der Waals surface area (Å²) < 4.78 is 41.4. The van der Waals surface area contributed by atoms with E-state index in [2.05, 4.69) is 26.6 Å². The van der Waals surface area contributed by atoms with Gasteiger partial charge in [0.25, 0.3) is 0 Å². The largest absolute Gasteiger partial charge is 0.403 e. The summed E-state index contributed by atoms with van der Waals surface area (Å²) in [6.07, 6.45) is -4.61. The molecule has 0 spiro atoms. The fourth-order valence-electron chi connectivity index (χ4n) is 7.16. The molecule has 330 valence electrons. The van der Waals surface area contributed by atoms with Crippen molar-refractivity contribution in [3.63, 3.8) is 0 Å². The fraction of sp³-hybridized carbons (Fsp3) is 0.675. The van der Waals surface area contributed by atoms with Crippen molar-refractivity contribution in [3.8, 4) is 0 Å². The summed E-state index contributed by atoms with van der Waals surface area (Å²) in [5.41, 5.74) is -3.52. The smallest absolute Gasteiger partial charge is 0.354 e. The molecule has 1 aromatic carbocycles. The van der Waals surface area contributed by atoms with Crippen LogP contribution in [0.3, 0.4) is 0 Å². The molecule has 2 fully saturated rings. The number of benzene rings is 1. The van der Waals surface area contributed by atoms with Gasteiger partial charge in [0.15, 0.2) is 0 Å². The van der Waals surface area contributed by atoms with Gasteiger partial charge in [-0.05, 0) is 95.4 Å². The molecule has 1 saturated carbocycles. The molecule has 3 rings (SSSR count). The lowest BCUT2D eigenvalue weighted by molar-refractivity contribution is -0.243. The quantitative estimate of drug-likeness (QED) is 0.222. The summed E-state index contributed by atoms with van der Waals surface area (Å²) in [7, 11) is 2.75. The van der Waals surface area contributed by atoms with Crippen LogP contribution >= 0.6 is 23.2 Å². The normalized spacial score (nSPS) is 22.9. The van der Waals surface area contributed by atoms with E-state index in [-0.39, 0.29) is 57.4 Å². The summed E-state index contributed by atoms with van der Waals surface area (Å²) in [6.45, 7) is 9.74. The van der Waals surface area contributed by atoms with E-state index in [4.69, 9.17) is 23.2 Å². The van der Waals surface area contributed by atoms with Gasteiger partial charge in [0.1, 0.15) is 41.2 Å². The standard InChI is InChI=1S/C40H58Cl2F3N7O7/c1-9-27(49-37(59)39(16-12-17-39)40(43,44)45)31(53)47-23(4)34(56)51(7)29-13-10-11-18-46-36(58)38(5,6)50-33(55)30(21-24-20-25(41)14-15-26(24)42)52(8)35(57)28(19-22(2)3)48-32(29)54/h14-15,20,22-23,27-30H,9-13,16-19,21H2,1-8H3,(H,46,58)(H,47,53)(H,48,54)(H,49,59)(H,50,55)/t23-,27-,28-,29-,30-/m0/s1. The molecule has 1 saturated heterocycles. The van der Waals surface area contributed by atoms with Gasteiger partial charge in [-0.25, -0.2) is 0 Å². The van der Waals surface area contributed by atoms with E-state index in [0.29, 0.717) is 28.5 Å². The topological polar surface area (TPSA) is 186 Å². The Morgan fingerprint density at radius 3 is 2.20 bits per heavy atom. The number of nitrogens with zero attached hydrogens (tertiary/aromatic N) is 2. The van der Waals surface area contributed by atoms with Crippen molar-refractivity contribution in [3.05, 3.63) is 33.8 Å². The molecule has 19 heteroatoms. The number of likely N-dealkylation sites (N-methyl/N-ethyl adjacent to an activating group) is 2. The number of amides is 7. The molecular formula is C40H58Cl2F3N7O7. The Labute approximate surface area is 353 Å². The van der Waals surface area contributed by atoms with E-state index >= 15 is 0 Å². The number of halogens is 5. The van der Waals surface area contributed by atoms with E-state index in [9.17, 15) is 46.7 Å². The lowest BCUT2D eigenvalue weighted by Crippen LogP contribution is -2.62. The Hall–Kier alpha value is -4.12. The van der Waals surface area contributed by atoms with Crippen molar-refractivity contribution >= 4 is 64.6 Å². The van der Waals surface area contributed by atoms with E-state index in [1.54, 1.807) is 18.2 Å². The van der Waals surface area contributed by atoms with Gasteiger partial charge in [0.05, 0.1) is 0 Å². The summed E-state index contributed by atoms with van der Waals surface area (Å²) in [6, 6.07) is -1.54. The van der Waals surface area contributed by atoms with Crippen LogP contribution in [0.1, 0.15) is 98.5 Å². The summed E-state index contributed by atoms with van der Waals surface area (Å²) in [5, 5.41) is 13.7. The summed E-state index contributed by atoms with van der Waals surface area (Å²) in [4.78, 5) is 98.1. The Bertz CT molecular complexity index is 1740. The first-order valence-electron chi connectivity index (χ1n) is 19.9. The molecule has 1 aromatic rings. The van der Waals surface area contributed by atoms with Crippen LogP contribution in [0.15, 0.2) is 18.2 Å². The van der Waals surface area contributed by atoms with Gasteiger partial charge >= 0.3 is 6.18 Å². The zero-order valence-electron chi connectivity index (χ0n) is 34.9. The van der Waals surface area contributed by atoms with Gasteiger partial charge in [-0.2, -0.15) is 13.2 Å². The summed E-state index contributed by atoms with van der Waals surface area (Å²) >= 11 is 12.7. The molecule has 1 aliphatic heterocycles. The van der Waals surface area contributed by atoms with E-state index in [1.807, 2.05) is 13.8 Å². The van der Waals surface area contributed by atoms with Crippen molar-refractivity contribution in [2.75, 3.05) is 20.6 Å². The van der Waals surface area contributed by atoms with Gasteiger partial charge in [-0.3, -0.25) is 33.6 Å². The maximum atomic E-state index is 14.4. The predicted molar refractivity (Wildman–Crippen MR) is 216 cm³/mol. The fourth-order valence-corrected chi connectivity index (χ4v) is 7.55. The molecule has 0 unspecified atom stereocenters. The third-order valence-electron chi connectivity index (χ3n) is 11.1. The average Bonchev–Trinajstić information content (AvgIpc) is 3.11. The van der Waals surface area contributed by atoms with Crippen LogP contribution in [0.4, 0.5) is 13.2 Å². The minimum atomic E-state index is -4.79.